The van der Waals surface area contributed by atoms with E-state index in [0.29, 0.717) is 24.1 Å². The maximum Gasteiger partial charge on any atom is 0.338 e. The van der Waals surface area contributed by atoms with E-state index in [9.17, 15) is 4.79 Å². The van der Waals surface area contributed by atoms with Crippen LogP contribution in [0.5, 0.6) is 5.75 Å². The van der Waals surface area contributed by atoms with Gasteiger partial charge in [-0.25, -0.2) is 4.79 Å². The number of carbonyl (C=O) groups excluding carboxylic acids is 1. The number of fused-ring (bicyclic) bond motifs is 1. The fourth-order valence-corrected chi connectivity index (χ4v) is 3.86. The zero-order valence-corrected chi connectivity index (χ0v) is 13.7. The van der Waals surface area contributed by atoms with Crippen LogP contribution in [0.3, 0.4) is 0 Å². The van der Waals surface area contributed by atoms with E-state index in [1.54, 1.807) is 0 Å². The molecule has 0 unspecified atom stereocenters. The van der Waals surface area contributed by atoms with E-state index < -0.39 is 0 Å². The Morgan fingerprint density at radius 2 is 2.05 bits per heavy atom. The van der Waals surface area contributed by atoms with Crippen LogP contribution in [0.1, 0.15) is 49.5 Å². The number of likely N-dealkylation sites (N-methyl/N-ethyl adjacent to an activating group) is 1. The molecule has 0 bridgehead atoms. The second-order valence-electron chi connectivity index (χ2n) is 6.32. The molecule has 0 aromatic heterocycles. The summed E-state index contributed by atoms with van der Waals surface area (Å²) in [4.78, 5) is 14.0. The van der Waals surface area contributed by atoms with E-state index >= 15 is 0 Å². The number of hydrogen-bond acceptors (Lipinski definition) is 4. The Morgan fingerprint density at radius 3 is 2.77 bits per heavy atom. The molecular weight excluding hydrogens is 278 g/mol. The summed E-state index contributed by atoms with van der Waals surface area (Å²) in [5, 5.41) is 0. The first-order valence-corrected chi connectivity index (χ1v) is 8.34. The molecule has 4 heteroatoms. The molecule has 0 spiro atoms. The first kappa shape index (κ1) is 15.3. The molecule has 1 aliphatic carbocycles. The first-order chi connectivity index (χ1) is 10.6. The van der Waals surface area contributed by atoms with Crippen molar-refractivity contribution in [1.82, 2.24) is 4.90 Å². The second kappa shape index (κ2) is 6.29. The fourth-order valence-electron chi connectivity index (χ4n) is 3.86. The molecule has 3 atom stereocenters. The molecule has 1 aromatic rings. The van der Waals surface area contributed by atoms with Crippen molar-refractivity contribution < 1.29 is 14.3 Å². The highest BCUT2D eigenvalue weighted by Gasteiger charge is 2.38. The number of rotatable bonds is 5. The Kier molecular flexibility index (Phi) is 4.39. The van der Waals surface area contributed by atoms with Gasteiger partial charge in [-0.05, 0) is 50.0 Å². The highest BCUT2D eigenvalue weighted by atomic mass is 16.5. The lowest BCUT2D eigenvalue weighted by atomic mass is 10.0. The van der Waals surface area contributed by atoms with Crippen molar-refractivity contribution in [3.63, 3.8) is 0 Å². The number of cyclic esters (lactones) is 1. The van der Waals surface area contributed by atoms with Gasteiger partial charge in [-0.15, -0.1) is 0 Å². The van der Waals surface area contributed by atoms with Crippen molar-refractivity contribution in [3.05, 3.63) is 29.3 Å². The average Bonchev–Trinajstić information content (AvgIpc) is 3.06. The van der Waals surface area contributed by atoms with Crippen LogP contribution in [-0.2, 0) is 11.3 Å². The largest absolute Gasteiger partial charge is 0.489 e. The molecule has 120 valence electrons. The zero-order valence-electron chi connectivity index (χ0n) is 13.7. The van der Waals surface area contributed by atoms with Crippen LogP contribution in [0.25, 0.3) is 0 Å². The van der Waals surface area contributed by atoms with E-state index in [1.165, 1.54) is 6.42 Å². The minimum atomic E-state index is -0.225. The monoisotopic (exact) mass is 303 g/mol. The van der Waals surface area contributed by atoms with Crippen molar-refractivity contribution in [2.45, 2.75) is 52.4 Å². The minimum Gasteiger partial charge on any atom is -0.489 e. The highest BCUT2D eigenvalue weighted by molar-refractivity contribution is 5.93. The van der Waals surface area contributed by atoms with Crippen LogP contribution >= 0.6 is 0 Å². The minimum absolute atomic E-state index is 0.225. The zero-order chi connectivity index (χ0) is 15.7. The van der Waals surface area contributed by atoms with Crippen LogP contribution in [0.4, 0.5) is 0 Å². The summed E-state index contributed by atoms with van der Waals surface area (Å²) in [7, 11) is 0. The smallest absolute Gasteiger partial charge is 0.338 e. The quantitative estimate of drug-likeness (QED) is 0.783. The molecule has 0 amide bonds. The molecule has 1 aliphatic heterocycles. The molecule has 22 heavy (non-hydrogen) atoms. The predicted molar refractivity (Wildman–Crippen MR) is 85.1 cm³/mol. The van der Waals surface area contributed by atoms with Gasteiger partial charge in [-0.1, -0.05) is 20.8 Å². The third kappa shape index (κ3) is 2.72. The third-order valence-electron chi connectivity index (χ3n) is 5.05. The molecule has 3 rings (SSSR count). The molecule has 4 nitrogen and oxygen atoms in total. The molecule has 1 fully saturated rings. The van der Waals surface area contributed by atoms with Crippen molar-refractivity contribution in [2.75, 3.05) is 13.1 Å². The summed E-state index contributed by atoms with van der Waals surface area (Å²) in [5.74, 6) is 1.29. The average molecular weight is 303 g/mol. The highest BCUT2D eigenvalue weighted by Crippen LogP contribution is 2.34. The summed E-state index contributed by atoms with van der Waals surface area (Å²) in [5.41, 5.74) is 1.61. The maximum absolute atomic E-state index is 11.5. The number of carbonyl (C=O) groups is 1. The van der Waals surface area contributed by atoms with Crippen LogP contribution in [0.15, 0.2) is 18.2 Å². The fraction of sp³-hybridized carbons (Fsp3) is 0.611. The van der Waals surface area contributed by atoms with Gasteiger partial charge in [-0.3, -0.25) is 4.90 Å². The van der Waals surface area contributed by atoms with Crippen molar-refractivity contribution in [2.24, 2.45) is 5.92 Å². The van der Waals surface area contributed by atoms with Gasteiger partial charge >= 0.3 is 5.97 Å². The molecule has 0 radical (unpaired) electrons. The molecular formula is C18H25NO3. The Labute approximate surface area is 132 Å². The van der Waals surface area contributed by atoms with E-state index in [-0.39, 0.29) is 12.1 Å². The van der Waals surface area contributed by atoms with Crippen molar-refractivity contribution in [3.8, 4) is 5.75 Å². The molecule has 0 saturated heterocycles. The lowest BCUT2D eigenvalue weighted by molar-refractivity contribution is 0.0534. The van der Waals surface area contributed by atoms with Gasteiger partial charge in [0.25, 0.3) is 0 Å². The van der Waals surface area contributed by atoms with E-state index in [1.807, 2.05) is 18.2 Å². The molecule has 0 N–H and O–H groups in total. The Morgan fingerprint density at radius 1 is 1.27 bits per heavy atom. The summed E-state index contributed by atoms with van der Waals surface area (Å²) in [6.07, 6.45) is 2.53. The SMILES string of the molecule is CCN(CC)[C@@H]1[C@@H](C)CC[C@H]1Oc1ccc2c(c1)COC2=O. The van der Waals surface area contributed by atoms with Gasteiger partial charge in [-0.2, -0.15) is 0 Å². The summed E-state index contributed by atoms with van der Waals surface area (Å²) >= 11 is 0. The normalized spacial score (nSPS) is 27.1. The van der Waals surface area contributed by atoms with Gasteiger partial charge in [0.15, 0.2) is 0 Å². The molecule has 1 saturated carbocycles. The lowest BCUT2D eigenvalue weighted by Gasteiger charge is -2.34. The van der Waals surface area contributed by atoms with Gasteiger partial charge < -0.3 is 9.47 Å². The third-order valence-corrected chi connectivity index (χ3v) is 5.05. The first-order valence-electron chi connectivity index (χ1n) is 8.34. The van der Waals surface area contributed by atoms with Gasteiger partial charge in [0.2, 0.25) is 0 Å². The summed E-state index contributed by atoms with van der Waals surface area (Å²) in [6, 6.07) is 6.15. The van der Waals surface area contributed by atoms with Crippen molar-refractivity contribution in [1.29, 1.82) is 0 Å². The van der Waals surface area contributed by atoms with Crippen LogP contribution in [0, 0.1) is 5.92 Å². The number of benzene rings is 1. The molecule has 1 aromatic carbocycles. The Bertz CT molecular complexity index is 553. The van der Waals surface area contributed by atoms with Crippen LogP contribution < -0.4 is 4.74 Å². The second-order valence-corrected chi connectivity index (χ2v) is 6.32. The lowest BCUT2D eigenvalue weighted by Crippen LogP contribution is -2.45. The molecule has 1 heterocycles. The van der Waals surface area contributed by atoms with Crippen LogP contribution in [-0.4, -0.2) is 36.1 Å². The predicted octanol–water partition coefficient (Wildman–Crippen LogP) is 3.24. The summed E-state index contributed by atoms with van der Waals surface area (Å²) < 4.78 is 11.4. The topological polar surface area (TPSA) is 38.8 Å². The van der Waals surface area contributed by atoms with E-state index in [4.69, 9.17) is 9.47 Å². The van der Waals surface area contributed by atoms with Crippen molar-refractivity contribution >= 4 is 5.97 Å². The number of hydrogen-bond donors (Lipinski definition) is 0. The maximum atomic E-state index is 11.5. The van der Waals surface area contributed by atoms with E-state index in [0.717, 1.165) is 30.8 Å². The van der Waals surface area contributed by atoms with Gasteiger partial charge in [0, 0.05) is 11.6 Å². The van der Waals surface area contributed by atoms with Gasteiger partial charge in [0.1, 0.15) is 18.5 Å². The summed E-state index contributed by atoms with van der Waals surface area (Å²) in [6.45, 7) is 9.22. The van der Waals surface area contributed by atoms with E-state index in [2.05, 4.69) is 25.7 Å². The van der Waals surface area contributed by atoms with Gasteiger partial charge in [0.05, 0.1) is 5.56 Å². The molecule has 2 aliphatic rings. The standard InChI is InChI=1S/C18H25NO3/c1-4-19(5-2)17-12(3)6-9-16(17)22-14-7-8-15-13(10-14)11-21-18(15)20/h7-8,10,12,16-17H,4-6,9,11H2,1-3H3/t12-,16+,17+/m0/s1. The Balaban J connectivity index is 1.76. The van der Waals surface area contributed by atoms with Crippen LogP contribution in [0.2, 0.25) is 0 Å². The number of ether oxygens (including phenoxy) is 2. The Hall–Kier alpha value is -1.55. The number of esters is 1. The number of nitrogens with zero attached hydrogens (tertiary/aromatic N) is 1.